The smallest absolute Gasteiger partial charge is 0.00203 e. The number of rotatable bonds is 7. The summed E-state index contributed by atoms with van der Waals surface area (Å²) >= 11 is 0. The van der Waals surface area contributed by atoms with Crippen molar-refractivity contribution < 1.29 is 0 Å². The Hall–Kier alpha value is -0.820. The molecule has 1 N–H and O–H groups in total. The molecule has 0 saturated heterocycles. The number of hydrogen-bond donors (Lipinski definition) is 1. The van der Waals surface area contributed by atoms with Crippen molar-refractivity contribution in [3.63, 3.8) is 0 Å². The van der Waals surface area contributed by atoms with E-state index in [1.54, 1.807) is 0 Å². The predicted octanol–water partition coefficient (Wildman–Crippen LogP) is 5.23. The summed E-state index contributed by atoms with van der Waals surface area (Å²) in [4.78, 5) is 0. The molecule has 21 heavy (non-hydrogen) atoms. The first kappa shape index (κ1) is 16.5. The molecule has 1 aliphatic rings. The summed E-state index contributed by atoms with van der Waals surface area (Å²) in [6.45, 7) is 9.26. The zero-order valence-corrected chi connectivity index (χ0v) is 14.1. The van der Waals surface area contributed by atoms with Crippen LogP contribution in [0.15, 0.2) is 30.3 Å². The van der Waals surface area contributed by atoms with Crippen LogP contribution in [-0.2, 0) is 0 Å². The second kappa shape index (κ2) is 8.58. The molecule has 0 heterocycles. The lowest BCUT2D eigenvalue weighted by Gasteiger charge is -2.30. The molecule has 1 fully saturated rings. The molecule has 1 aromatic rings. The topological polar surface area (TPSA) is 12.0 Å². The van der Waals surface area contributed by atoms with Gasteiger partial charge < -0.3 is 5.32 Å². The maximum atomic E-state index is 3.68. The third-order valence-corrected chi connectivity index (χ3v) is 4.88. The van der Waals surface area contributed by atoms with Gasteiger partial charge in [0, 0.05) is 6.54 Å². The van der Waals surface area contributed by atoms with Gasteiger partial charge >= 0.3 is 0 Å². The van der Waals surface area contributed by atoms with Gasteiger partial charge in [-0.25, -0.2) is 0 Å². The van der Waals surface area contributed by atoms with Crippen molar-refractivity contribution in [2.24, 2.45) is 17.8 Å². The summed E-state index contributed by atoms with van der Waals surface area (Å²) in [5, 5.41) is 3.68. The zero-order valence-electron chi connectivity index (χ0n) is 14.1. The molecule has 2 rings (SSSR count). The van der Waals surface area contributed by atoms with Crippen molar-refractivity contribution in [2.75, 3.05) is 13.1 Å². The van der Waals surface area contributed by atoms with Crippen LogP contribution < -0.4 is 5.32 Å². The summed E-state index contributed by atoms with van der Waals surface area (Å²) in [5.74, 6) is 3.28. The normalized spacial score (nSPS) is 24.2. The lowest BCUT2D eigenvalue weighted by Crippen LogP contribution is -2.27. The molecule has 1 aromatic carbocycles. The summed E-state index contributed by atoms with van der Waals surface area (Å²) < 4.78 is 0. The van der Waals surface area contributed by atoms with Gasteiger partial charge in [0.15, 0.2) is 0 Å². The Balaban J connectivity index is 1.94. The quantitative estimate of drug-likeness (QED) is 0.724. The molecule has 0 aromatic heterocycles. The van der Waals surface area contributed by atoms with E-state index in [9.17, 15) is 0 Å². The van der Waals surface area contributed by atoms with E-state index in [-0.39, 0.29) is 0 Å². The minimum Gasteiger partial charge on any atom is -0.316 e. The molecule has 0 radical (unpaired) electrons. The molecule has 0 amide bonds. The molecule has 1 saturated carbocycles. The van der Waals surface area contributed by atoms with Gasteiger partial charge in [-0.3, -0.25) is 0 Å². The first-order valence-corrected chi connectivity index (χ1v) is 8.90. The van der Waals surface area contributed by atoms with Crippen molar-refractivity contribution in [3.8, 4) is 0 Å². The van der Waals surface area contributed by atoms with E-state index in [2.05, 4.69) is 56.4 Å². The summed E-state index contributed by atoms with van der Waals surface area (Å²) in [5.41, 5.74) is 1.52. The average molecular weight is 287 g/mol. The minimum atomic E-state index is 0.681. The highest BCUT2D eigenvalue weighted by molar-refractivity contribution is 5.20. The van der Waals surface area contributed by atoms with Gasteiger partial charge in [-0.1, -0.05) is 70.4 Å². The highest BCUT2D eigenvalue weighted by Gasteiger charge is 2.23. The summed E-state index contributed by atoms with van der Waals surface area (Å²) in [6.07, 6.45) is 7.12. The number of benzene rings is 1. The first-order valence-electron chi connectivity index (χ1n) is 8.90. The van der Waals surface area contributed by atoms with Gasteiger partial charge in [-0.15, -0.1) is 0 Å². The van der Waals surface area contributed by atoms with Crippen molar-refractivity contribution in [2.45, 2.75) is 58.8 Å². The minimum absolute atomic E-state index is 0.681. The molecule has 0 bridgehead atoms. The third kappa shape index (κ3) is 5.82. The van der Waals surface area contributed by atoms with Gasteiger partial charge in [0.05, 0.1) is 0 Å². The maximum absolute atomic E-state index is 3.68. The third-order valence-electron chi connectivity index (χ3n) is 4.88. The van der Waals surface area contributed by atoms with E-state index < -0.39 is 0 Å². The molecule has 0 aliphatic heterocycles. The van der Waals surface area contributed by atoms with Crippen LogP contribution in [0.5, 0.6) is 0 Å². The van der Waals surface area contributed by atoms with Gasteiger partial charge in [0.2, 0.25) is 0 Å². The number of hydrogen-bond acceptors (Lipinski definition) is 1. The van der Waals surface area contributed by atoms with E-state index in [0.29, 0.717) is 5.92 Å². The fourth-order valence-electron chi connectivity index (χ4n) is 3.78. The molecule has 1 nitrogen and oxygen atoms in total. The fraction of sp³-hybridized carbons (Fsp3) is 0.700. The molecule has 1 aliphatic carbocycles. The predicted molar refractivity (Wildman–Crippen MR) is 92.6 cm³/mol. The molecular formula is C20H33N. The molecule has 3 atom stereocenters. The number of nitrogens with one attached hydrogen (secondary N) is 1. The van der Waals surface area contributed by atoms with Crippen LogP contribution in [0.1, 0.15) is 64.4 Å². The Bertz CT molecular complexity index is 384. The van der Waals surface area contributed by atoms with Crippen LogP contribution >= 0.6 is 0 Å². The average Bonchev–Trinajstić information content (AvgIpc) is 2.47. The Morgan fingerprint density at radius 2 is 1.86 bits per heavy atom. The molecule has 118 valence electrons. The van der Waals surface area contributed by atoms with Gasteiger partial charge in [0.25, 0.3) is 0 Å². The van der Waals surface area contributed by atoms with E-state index in [1.807, 2.05) is 0 Å². The van der Waals surface area contributed by atoms with Gasteiger partial charge in [-0.05, 0) is 48.6 Å². The van der Waals surface area contributed by atoms with Crippen molar-refractivity contribution in [3.05, 3.63) is 35.9 Å². The standard InChI is InChI=1S/C20H33N/c1-16(2)14-21-15-20(19-10-5-4-6-11-19)13-18-9-7-8-17(3)12-18/h4-6,10-11,16-18,20-21H,7-9,12-15H2,1-3H3. The Kier molecular flexibility index (Phi) is 6.76. The molecule has 0 spiro atoms. The van der Waals surface area contributed by atoms with Crippen LogP contribution in [0, 0.1) is 17.8 Å². The lowest BCUT2D eigenvalue weighted by atomic mass is 9.77. The monoisotopic (exact) mass is 287 g/mol. The fourth-order valence-corrected chi connectivity index (χ4v) is 3.78. The highest BCUT2D eigenvalue weighted by Crippen LogP contribution is 2.35. The highest BCUT2D eigenvalue weighted by atomic mass is 14.9. The van der Waals surface area contributed by atoms with Crippen LogP contribution in [-0.4, -0.2) is 13.1 Å². The molecular weight excluding hydrogens is 254 g/mol. The Morgan fingerprint density at radius 1 is 1.10 bits per heavy atom. The van der Waals surface area contributed by atoms with Crippen LogP contribution in [0.2, 0.25) is 0 Å². The Labute approximate surface area is 131 Å². The lowest BCUT2D eigenvalue weighted by molar-refractivity contribution is 0.254. The van der Waals surface area contributed by atoms with E-state index in [4.69, 9.17) is 0 Å². The second-order valence-electron chi connectivity index (χ2n) is 7.53. The largest absolute Gasteiger partial charge is 0.316 e. The molecule has 3 unspecified atom stereocenters. The van der Waals surface area contributed by atoms with Crippen molar-refractivity contribution in [1.82, 2.24) is 5.32 Å². The summed E-state index contributed by atoms with van der Waals surface area (Å²) in [6, 6.07) is 11.1. The van der Waals surface area contributed by atoms with Gasteiger partial charge in [0.1, 0.15) is 0 Å². The van der Waals surface area contributed by atoms with E-state index in [1.165, 1.54) is 37.7 Å². The van der Waals surface area contributed by atoms with Crippen molar-refractivity contribution >= 4 is 0 Å². The van der Waals surface area contributed by atoms with E-state index >= 15 is 0 Å². The van der Waals surface area contributed by atoms with E-state index in [0.717, 1.165) is 30.8 Å². The maximum Gasteiger partial charge on any atom is 0.00203 e. The van der Waals surface area contributed by atoms with Gasteiger partial charge in [-0.2, -0.15) is 0 Å². The van der Waals surface area contributed by atoms with Crippen molar-refractivity contribution in [1.29, 1.82) is 0 Å². The van der Waals surface area contributed by atoms with Crippen LogP contribution in [0.25, 0.3) is 0 Å². The second-order valence-corrected chi connectivity index (χ2v) is 7.53. The first-order chi connectivity index (χ1) is 10.1. The van der Waals surface area contributed by atoms with Crippen LogP contribution in [0.4, 0.5) is 0 Å². The molecule has 1 heteroatoms. The SMILES string of the molecule is CC(C)CNCC(CC1CCCC(C)C1)c1ccccc1. The Morgan fingerprint density at radius 3 is 2.52 bits per heavy atom. The summed E-state index contributed by atoms with van der Waals surface area (Å²) in [7, 11) is 0. The zero-order chi connectivity index (χ0) is 15.1. The van der Waals surface area contributed by atoms with Crippen LogP contribution in [0.3, 0.4) is 0 Å².